The van der Waals surface area contributed by atoms with Crippen molar-refractivity contribution < 1.29 is 5.11 Å². The molecule has 2 nitrogen and oxygen atoms in total. The van der Waals surface area contributed by atoms with Crippen LogP contribution >= 0.6 is 0 Å². The Hall–Kier alpha value is -1.38. The topological polar surface area (TPSA) is 32.3 Å². The van der Waals surface area contributed by atoms with E-state index < -0.39 is 5.60 Å². The molecule has 20 heavy (non-hydrogen) atoms. The first-order chi connectivity index (χ1) is 9.52. The van der Waals surface area contributed by atoms with Crippen LogP contribution in [0.2, 0.25) is 0 Å². The van der Waals surface area contributed by atoms with Crippen LogP contribution in [0.15, 0.2) is 42.5 Å². The molecule has 0 aromatic heterocycles. The monoisotopic (exact) mass is 271 g/mol. The van der Waals surface area contributed by atoms with Crippen LogP contribution < -0.4 is 5.32 Å². The standard InChI is InChI=1S/C18H25NO/c1-4-11-18(3,20)13-19-14(2)16-10-9-15-7-5-6-8-17(15)12-16/h5-10,12,14,19-20H,4,11,13H2,1-3H3. The quantitative estimate of drug-likeness (QED) is 0.831. The fourth-order valence-electron chi connectivity index (χ4n) is 2.59. The maximum Gasteiger partial charge on any atom is 0.0743 e. The minimum Gasteiger partial charge on any atom is -0.389 e. The molecule has 2 heteroatoms. The third kappa shape index (κ3) is 3.81. The molecule has 0 aliphatic rings. The van der Waals surface area contributed by atoms with Gasteiger partial charge in [0.2, 0.25) is 0 Å². The van der Waals surface area contributed by atoms with Gasteiger partial charge in [0.05, 0.1) is 5.60 Å². The lowest BCUT2D eigenvalue weighted by atomic mass is 9.99. The van der Waals surface area contributed by atoms with Crippen LogP contribution in [0.4, 0.5) is 0 Å². The normalized spacial score (nSPS) is 16.0. The van der Waals surface area contributed by atoms with E-state index in [0.717, 1.165) is 12.8 Å². The average molecular weight is 271 g/mol. The highest BCUT2D eigenvalue weighted by Crippen LogP contribution is 2.21. The highest BCUT2D eigenvalue weighted by atomic mass is 16.3. The third-order valence-electron chi connectivity index (χ3n) is 3.85. The molecule has 0 spiro atoms. The van der Waals surface area contributed by atoms with Gasteiger partial charge in [0, 0.05) is 12.6 Å². The van der Waals surface area contributed by atoms with Gasteiger partial charge in [-0.15, -0.1) is 0 Å². The predicted octanol–water partition coefficient (Wildman–Crippen LogP) is 4.04. The first kappa shape index (κ1) is 15.0. The van der Waals surface area contributed by atoms with E-state index in [1.54, 1.807) is 0 Å². The second-order valence-corrected chi connectivity index (χ2v) is 5.96. The lowest BCUT2D eigenvalue weighted by molar-refractivity contribution is 0.0477. The lowest BCUT2D eigenvalue weighted by Crippen LogP contribution is -2.38. The van der Waals surface area contributed by atoms with Crippen LogP contribution in [0.25, 0.3) is 10.8 Å². The fourth-order valence-corrected chi connectivity index (χ4v) is 2.59. The molecule has 0 saturated heterocycles. The Kier molecular flexibility index (Phi) is 4.79. The lowest BCUT2D eigenvalue weighted by Gasteiger charge is -2.26. The molecule has 2 aromatic rings. The van der Waals surface area contributed by atoms with E-state index in [1.165, 1.54) is 16.3 Å². The predicted molar refractivity (Wildman–Crippen MR) is 85.9 cm³/mol. The summed E-state index contributed by atoms with van der Waals surface area (Å²) in [7, 11) is 0. The van der Waals surface area contributed by atoms with Crippen molar-refractivity contribution in [3.05, 3.63) is 48.0 Å². The smallest absolute Gasteiger partial charge is 0.0743 e. The van der Waals surface area contributed by atoms with E-state index in [0.29, 0.717) is 6.54 Å². The molecule has 2 unspecified atom stereocenters. The van der Waals surface area contributed by atoms with Crippen LogP contribution in [-0.2, 0) is 0 Å². The number of fused-ring (bicyclic) bond motifs is 1. The Morgan fingerprint density at radius 2 is 1.85 bits per heavy atom. The maximum atomic E-state index is 10.2. The van der Waals surface area contributed by atoms with Crippen LogP contribution in [0.5, 0.6) is 0 Å². The molecule has 0 bridgehead atoms. The van der Waals surface area contributed by atoms with Gasteiger partial charge < -0.3 is 10.4 Å². The Morgan fingerprint density at radius 3 is 2.55 bits per heavy atom. The Bertz CT molecular complexity index is 562. The molecule has 2 atom stereocenters. The summed E-state index contributed by atoms with van der Waals surface area (Å²) in [6.07, 6.45) is 1.82. The van der Waals surface area contributed by atoms with Crippen molar-refractivity contribution in [2.24, 2.45) is 0 Å². The molecule has 0 saturated carbocycles. The van der Waals surface area contributed by atoms with Crippen molar-refractivity contribution in [1.29, 1.82) is 0 Å². The third-order valence-corrected chi connectivity index (χ3v) is 3.85. The molecular formula is C18H25NO. The second kappa shape index (κ2) is 6.38. The van der Waals surface area contributed by atoms with Crippen molar-refractivity contribution in [2.45, 2.75) is 45.3 Å². The van der Waals surface area contributed by atoms with Crippen molar-refractivity contribution in [1.82, 2.24) is 5.32 Å². The minimum atomic E-state index is -0.625. The number of nitrogens with one attached hydrogen (secondary N) is 1. The summed E-state index contributed by atoms with van der Waals surface area (Å²) in [4.78, 5) is 0. The zero-order chi connectivity index (χ0) is 14.6. The van der Waals surface area contributed by atoms with E-state index in [-0.39, 0.29) is 6.04 Å². The van der Waals surface area contributed by atoms with E-state index in [2.05, 4.69) is 61.6 Å². The van der Waals surface area contributed by atoms with Gasteiger partial charge in [0.1, 0.15) is 0 Å². The van der Waals surface area contributed by atoms with Gasteiger partial charge in [-0.3, -0.25) is 0 Å². The SMILES string of the molecule is CCCC(C)(O)CNC(C)c1ccc2ccccc2c1. The molecular weight excluding hydrogens is 246 g/mol. The van der Waals surface area contributed by atoms with E-state index >= 15 is 0 Å². The number of hydrogen-bond donors (Lipinski definition) is 2. The van der Waals surface area contributed by atoms with Gasteiger partial charge in [-0.05, 0) is 42.7 Å². The first-order valence-electron chi connectivity index (χ1n) is 7.46. The molecule has 0 amide bonds. The molecule has 0 aliphatic heterocycles. The van der Waals surface area contributed by atoms with Crippen molar-refractivity contribution in [3.8, 4) is 0 Å². The average Bonchev–Trinajstić information content (AvgIpc) is 2.44. The van der Waals surface area contributed by atoms with Crippen LogP contribution in [-0.4, -0.2) is 17.3 Å². The van der Waals surface area contributed by atoms with Crippen molar-refractivity contribution in [2.75, 3.05) is 6.54 Å². The summed E-state index contributed by atoms with van der Waals surface area (Å²) in [5, 5.41) is 16.2. The fraction of sp³-hybridized carbons (Fsp3) is 0.444. The number of aliphatic hydroxyl groups is 1. The zero-order valence-electron chi connectivity index (χ0n) is 12.7. The molecule has 108 valence electrons. The van der Waals surface area contributed by atoms with Gasteiger partial charge in [0.25, 0.3) is 0 Å². The van der Waals surface area contributed by atoms with E-state index in [4.69, 9.17) is 0 Å². The van der Waals surface area contributed by atoms with Crippen LogP contribution in [0.1, 0.15) is 45.2 Å². The summed E-state index contributed by atoms with van der Waals surface area (Å²) < 4.78 is 0. The second-order valence-electron chi connectivity index (χ2n) is 5.96. The first-order valence-corrected chi connectivity index (χ1v) is 7.46. The Morgan fingerprint density at radius 1 is 1.15 bits per heavy atom. The molecule has 0 aliphatic carbocycles. The number of benzene rings is 2. The zero-order valence-corrected chi connectivity index (χ0v) is 12.7. The maximum absolute atomic E-state index is 10.2. The van der Waals surface area contributed by atoms with Gasteiger partial charge in [0.15, 0.2) is 0 Å². The molecule has 0 fully saturated rings. The van der Waals surface area contributed by atoms with Gasteiger partial charge in [-0.2, -0.15) is 0 Å². The van der Waals surface area contributed by atoms with Crippen molar-refractivity contribution >= 4 is 10.8 Å². The summed E-state index contributed by atoms with van der Waals surface area (Å²) in [6, 6.07) is 15.2. The molecule has 2 aromatic carbocycles. The van der Waals surface area contributed by atoms with E-state index in [9.17, 15) is 5.11 Å². The van der Waals surface area contributed by atoms with Gasteiger partial charge >= 0.3 is 0 Å². The summed E-state index contributed by atoms with van der Waals surface area (Å²) in [6.45, 7) is 6.76. The molecule has 2 rings (SSSR count). The van der Waals surface area contributed by atoms with E-state index in [1.807, 2.05) is 6.92 Å². The summed E-state index contributed by atoms with van der Waals surface area (Å²) >= 11 is 0. The minimum absolute atomic E-state index is 0.239. The van der Waals surface area contributed by atoms with Crippen LogP contribution in [0.3, 0.4) is 0 Å². The van der Waals surface area contributed by atoms with Gasteiger partial charge in [-0.1, -0.05) is 49.7 Å². The molecule has 0 radical (unpaired) electrons. The summed E-state index contributed by atoms with van der Waals surface area (Å²) in [5.74, 6) is 0. The highest BCUT2D eigenvalue weighted by molar-refractivity contribution is 5.83. The number of rotatable bonds is 6. The van der Waals surface area contributed by atoms with Crippen LogP contribution in [0, 0.1) is 0 Å². The van der Waals surface area contributed by atoms with Crippen molar-refractivity contribution in [3.63, 3.8) is 0 Å². The summed E-state index contributed by atoms with van der Waals surface area (Å²) in [5.41, 5.74) is 0.635. The molecule has 0 heterocycles. The van der Waals surface area contributed by atoms with Gasteiger partial charge in [-0.25, -0.2) is 0 Å². The highest BCUT2D eigenvalue weighted by Gasteiger charge is 2.19. The largest absolute Gasteiger partial charge is 0.389 e. The number of hydrogen-bond acceptors (Lipinski definition) is 2. The molecule has 2 N–H and O–H groups in total. The Labute approximate surface area is 121 Å². The Balaban J connectivity index is 2.05.